The van der Waals surface area contributed by atoms with Crippen molar-refractivity contribution < 1.29 is 5.11 Å². The highest BCUT2D eigenvalue weighted by molar-refractivity contribution is 7.17. The SMILES string of the molecule is CCCC1(O)CN(Cc2csc3ccccc23)C1. The Morgan fingerprint density at radius 1 is 1.33 bits per heavy atom. The topological polar surface area (TPSA) is 23.5 Å². The Morgan fingerprint density at radius 2 is 2.11 bits per heavy atom. The van der Waals surface area contributed by atoms with Crippen LogP contribution in [0.1, 0.15) is 25.3 Å². The molecule has 2 nitrogen and oxygen atoms in total. The van der Waals surface area contributed by atoms with Crippen LogP contribution in [-0.2, 0) is 6.54 Å². The van der Waals surface area contributed by atoms with Crippen LogP contribution in [0.4, 0.5) is 0 Å². The number of likely N-dealkylation sites (tertiary alicyclic amines) is 1. The first-order valence-electron chi connectivity index (χ1n) is 6.60. The molecule has 1 aliphatic heterocycles. The van der Waals surface area contributed by atoms with Crippen molar-refractivity contribution in [1.29, 1.82) is 0 Å². The van der Waals surface area contributed by atoms with E-state index >= 15 is 0 Å². The lowest BCUT2D eigenvalue weighted by atomic mass is 9.89. The van der Waals surface area contributed by atoms with Crippen molar-refractivity contribution in [3.05, 3.63) is 35.2 Å². The van der Waals surface area contributed by atoms with E-state index in [4.69, 9.17) is 0 Å². The van der Waals surface area contributed by atoms with Crippen molar-refractivity contribution in [2.45, 2.75) is 31.9 Å². The van der Waals surface area contributed by atoms with Gasteiger partial charge < -0.3 is 5.11 Å². The lowest BCUT2D eigenvalue weighted by Gasteiger charge is -2.46. The van der Waals surface area contributed by atoms with Crippen LogP contribution in [0.3, 0.4) is 0 Å². The molecule has 1 N–H and O–H groups in total. The molecule has 3 heteroatoms. The number of thiophene rings is 1. The highest BCUT2D eigenvalue weighted by Gasteiger charge is 2.39. The zero-order chi connectivity index (χ0) is 12.6. The summed E-state index contributed by atoms with van der Waals surface area (Å²) in [5.41, 5.74) is 0.981. The van der Waals surface area contributed by atoms with Crippen LogP contribution in [0.5, 0.6) is 0 Å². The van der Waals surface area contributed by atoms with Crippen LogP contribution in [0, 0.1) is 0 Å². The molecule has 1 fully saturated rings. The van der Waals surface area contributed by atoms with Gasteiger partial charge in [0.1, 0.15) is 0 Å². The van der Waals surface area contributed by atoms with Gasteiger partial charge in [-0.05, 0) is 28.8 Å². The average Bonchev–Trinajstić information content (AvgIpc) is 2.71. The fourth-order valence-electron chi connectivity index (χ4n) is 2.92. The van der Waals surface area contributed by atoms with Crippen LogP contribution < -0.4 is 0 Å². The third-order valence-corrected chi connectivity index (χ3v) is 4.72. The average molecular weight is 261 g/mol. The standard InChI is InChI=1S/C15H19NOS/c1-2-7-15(17)10-16(11-15)8-12-9-18-14-6-4-3-5-13(12)14/h3-6,9,17H,2,7-8,10-11H2,1H3. The van der Waals surface area contributed by atoms with Crippen molar-refractivity contribution in [2.24, 2.45) is 0 Å². The highest BCUT2D eigenvalue weighted by atomic mass is 32.1. The number of hydrogen-bond acceptors (Lipinski definition) is 3. The Labute approximate surface area is 112 Å². The summed E-state index contributed by atoms with van der Waals surface area (Å²) in [6.45, 7) is 4.75. The van der Waals surface area contributed by atoms with Gasteiger partial charge >= 0.3 is 0 Å². The minimum Gasteiger partial charge on any atom is -0.387 e. The molecule has 1 aromatic carbocycles. The van der Waals surface area contributed by atoms with Crippen LogP contribution >= 0.6 is 11.3 Å². The molecule has 1 aliphatic rings. The maximum absolute atomic E-state index is 10.2. The molecular weight excluding hydrogens is 242 g/mol. The summed E-state index contributed by atoms with van der Waals surface area (Å²) in [4.78, 5) is 2.34. The molecule has 0 unspecified atom stereocenters. The summed E-state index contributed by atoms with van der Waals surface area (Å²) in [5, 5.41) is 13.8. The molecule has 0 radical (unpaired) electrons. The number of aliphatic hydroxyl groups is 1. The fraction of sp³-hybridized carbons (Fsp3) is 0.467. The van der Waals surface area contributed by atoms with Gasteiger partial charge in [0.15, 0.2) is 0 Å². The van der Waals surface area contributed by atoms with Crippen molar-refractivity contribution in [3.63, 3.8) is 0 Å². The predicted molar refractivity (Wildman–Crippen MR) is 77.0 cm³/mol. The number of hydrogen-bond donors (Lipinski definition) is 1. The summed E-state index contributed by atoms with van der Waals surface area (Å²) < 4.78 is 1.36. The first kappa shape index (κ1) is 12.2. The molecule has 2 aromatic rings. The molecule has 2 heterocycles. The maximum Gasteiger partial charge on any atom is 0.0900 e. The lowest BCUT2D eigenvalue weighted by molar-refractivity contribution is -0.106. The molecule has 1 aromatic heterocycles. The quantitative estimate of drug-likeness (QED) is 0.913. The summed E-state index contributed by atoms with van der Waals surface area (Å²) in [6, 6.07) is 8.56. The molecule has 0 aliphatic carbocycles. The molecule has 0 amide bonds. The van der Waals surface area contributed by atoms with Gasteiger partial charge in [0.25, 0.3) is 0 Å². The Hall–Kier alpha value is -0.900. The van der Waals surface area contributed by atoms with Crippen LogP contribution in [-0.4, -0.2) is 28.7 Å². The predicted octanol–water partition coefficient (Wildman–Crippen LogP) is 3.25. The van der Waals surface area contributed by atoms with Crippen molar-refractivity contribution >= 4 is 21.4 Å². The number of β-amino-alcohol motifs (C(OH)–C–C–N with tert-alkyl or cyclic N) is 1. The van der Waals surface area contributed by atoms with Gasteiger partial charge in [-0.15, -0.1) is 11.3 Å². The van der Waals surface area contributed by atoms with E-state index in [0.717, 1.165) is 32.5 Å². The Kier molecular flexibility index (Phi) is 3.14. The fourth-order valence-corrected chi connectivity index (χ4v) is 3.87. The van der Waals surface area contributed by atoms with Gasteiger partial charge in [0.05, 0.1) is 5.60 Å². The second-order valence-corrected chi connectivity index (χ2v) is 6.29. The molecule has 0 bridgehead atoms. The van der Waals surface area contributed by atoms with E-state index in [1.807, 2.05) is 11.3 Å². The molecule has 1 saturated heterocycles. The van der Waals surface area contributed by atoms with Crippen molar-refractivity contribution in [2.75, 3.05) is 13.1 Å². The van der Waals surface area contributed by atoms with Crippen LogP contribution in [0.15, 0.2) is 29.6 Å². The molecule has 0 saturated carbocycles. The summed E-state index contributed by atoms with van der Waals surface area (Å²) in [6.07, 6.45) is 1.99. The second-order valence-electron chi connectivity index (χ2n) is 5.38. The lowest BCUT2D eigenvalue weighted by Crippen LogP contribution is -2.60. The van der Waals surface area contributed by atoms with Crippen molar-refractivity contribution in [1.82, 2.24) is 4.90 Å². The number of rotatable bonds is 4. The second kappa shape index (κ2) is 4.65. The summed E-state index contributed by atoms with van der Waals surface area (Å²) in [5.74, 6) is 0. The van der Waals surface area contributed by atoms with Crippen LogP contribution in [0.25, 0.3) is 10.1 Å². The van der Waals surface area contributed by atoms with E-state index in [1.165, 1.54) is 15.6 Å². The van der Waals surface area contributed by atoms with Crippen LogP contribution in [0.2, 0.25) is 0 Å². The number of fused-ring (bicyclic) bond motifs is 1. The number of benzene rings is 1. The zero-order valence-electron chi connectivity index (χ0n) is 10.7. The van der Waals surface area contributed by atoms with Gasteiger partial charge in [-0.3, -0.25) is 4.90 Å². The minimum atomic E-state index is -0.416. The minimum absolute atomic E-state index is 0.416. The summed E-state index contributed by atoms with van der Waals surface area (Å²) >= 11 is 1.81. The molecule has 18 heavy (non-hydrogen) atoms. The highest BCUT2D eigenvalue weighted by Crippen LogP contribution is 2.31. The molecule has 3 rings (SSSR count). The third-order valence-electron chi connectivity index (χ3n) is 3.71. The summed E-state index contributed by atoms with van der Waals surface area (Å²) in [7, 11) is 0. The molecule has 0 atom stereocenters. The largest absolute Gasteiger partial charge is 0.387 e. The first-order valence-corrected chi connectivity index (χ1v) is 7.48. The van der Waals surface area contributed by atoms with Gasteiger partial charge in [0, 0.05) is 24.3 Å². The normalized spacial score (nSPS) is 19.0. The van der Waals surface area contributed by atoms with Gasteiger partial charge in [0.2, 0.25) is 0 Å². The Bertz CT molecular complexity index is 542. The number of nitrogens with zero attached hydrogens (tertiary/aromatic N) is 1. The zero-order valence-corrected chi connectivity index (χ0v) is 11.5. The van der Waals surface area contributed by atoms with E-state index in [-0.39, 0.29) is 0 Å². The van der Waals surface area contributed by atoms with E-state index in [1.54, 1.807) is 0 Å². The molecule has 96 valence electrons. The van der Waals surface area contributed by atoms with E-state index in [2.05, 4.69) is 41.5 Å². The van der Waals surface area contributed by atoms with Gasteiger partial charge in [-0.1, -0.05) is 31.5 Å². The third kappa shape index (κ3) is 2.18. The van der Waals surface area contributed by atoms with E-state index < -0.39 is 5.60 Å². The molecular formula is C15H19NOS. The first-order chi connectivity index (χ1) is 8.70. The van der Waals surface area contributed by atoms with E-state index in [0.29, 0.717) is 0 Å². The smallest absolute Gasteiger partial charge is 0.0900 e. The monoisotopic (exact) mass is 261 g/mol. The Morgan fingerprint density at radius 3 is 2.89 bits per heavy atom. The van der Waals surface area contributed by atoms with Crippen molar-refractivity contribution in [3.8, 4) is 0 Å². The van der Waals surface area contributed by atoms with Gasteiger partial charge in [-0.2, -0.15) is 0 Å². The maximum atomic E-state index is 10.2. The van der Waals surface area contributed by atoms with E-state index in [9.17, 15) is 5.11 Å². The molecule has 0 spiro atoms. The van der Waals surface area contributed by atoms with Gasteiger partial charge in [-0.25, -0.2) is 0 Å². The Balaban J connectivity index is 1.68.